The zero-order valence-electron chi connectivity index (χ0n) is 26.8. The van der Waals surface area contributed by atoms with Gasteiger partial charge in [-0.05, 0) is 117 Å². The molecule has 41 heavy (non-hydrogen) atoms. The molecule has 1 heterocycles. The van der Waals surface area contributed by atoms with Crippen LogP contribution >= 0.6 is 0 Å². The fourth-order valence-corrected chi connectivity index (χ4v) is 12.8. The zero-order valence-corrected chi connectivity index (χ0v) is 26.8. The van der Waals surface area contributed by atoms with Gasteiger partial charge in [0.15, 0.2) is 6.10 Å². The lowest BCUT2D eigenvalue weighted by Crippen LogP contribution is -2.58. The van der Waals surface area contributed by atoms with E-state index in [4.69, 9.17) is 19.9 Å². The van der Waals surface area contributed by atoms with Crippen LogP contribution in [0.25, 0.3) is 0 Å². The van der Waals surface area contributed by atoms with Gasteiger partial charge in [0.05, 0.1) is 24.4 Å². The molecule has 0 aromatic carbocycles. The van der Waals surface area contributed by atoms with Gasteiger partial charge < -0.3 is 25.1 Å². The van der Waals surface area contributed by atoms with Crippen LogP contribution in [0.3, 0.4) is 0 Å². The molecule has 0 amide bonds. The van der Waals surface area contributed by atoms with E-state index in [0.717, 1.165) is 25.7 Å². The van der Waals surface area contributed by atoms with Crippen LogP contribution in [0.15, 0.2) is 0 Å². The number of carbonyl (C=O) groups is 2. The van der Waals surface area contributed by atoms with Gasteiger partial charge in [0.2, 0.25) is 0 Å². The lowest BCUT2D eigenvalue weighted by Gasteiger charge is -2.63. The van der Waals surface area contributed by atoms with Crippen LogP contribution in [0, 0.1) is 50.7 Å². The van der Waals surface area contributed by atoms with Crippen molar-refractivity contribution in [2.24, 2.45) is 56.5 Å². The molecule has 0 bridgehead atoms. The largest absolute Gasteiger partial charge is 0.461 e. The molecule has 6 fully saturated rings. The van der Waals surface area contributed by atoms with Gasteiger partial charge in [-0.25, -0.2) is 0 Å². The first-order valence-corrected chi connectivity index (χ1v) is 16.4. The van der Waals surface area contributed by atoms with Crippen LogP contribution in [0.1, 0.15) is 113 Å². The maximum Gasteiger partial charge on any atom is 0.319 e. The summed E-state index contributed by atoms with van der Waals surface area (Å²) in [5.41, 5.74) is 5.52. The molecule has 7 nitrogen and oxygen atoms in total. The van der Waals surface area contributed by atoms with Gasteiger partial charge >= 0.3 is 11.9 Å². The van der Waals surface area contributed by atoms with Crippen LogP contribution in [0.4, 0.5) is 0 Å². The van der Waals surface area contributed by atoms with E-state index in [2.05, 4.69) is 34.6 Å². The number of hydrogen-bond donors (Lipinski definition) is 2. The van der Waals surface area contributed by atoms with Crippen LogP contribution in [-0.2, 0) is 23.8 Å². The summed E-state index contributed by atoms with van der Waals surface area (Å²) < 4.78 is 18.5. The Hall–Kier alpha value is -1.18. The highest BCUT2D eigenvalue weighted by Crippen LogP contribution is 2.89. The second kappa shape index (κ2) is 9.17. The minimum atomic E-state index is -1.17. The molecule has 4 unspecified atom stereocenters. The Morgan fingerprint density at radius 1 is 1.02 bits per heavy atom. The molecule has 1 aliphatic heterocycles. The second-order valence-electron chi connectivity index (χ2n) is 16.9. The van der Waals surface area contributed by atoms with E-state index in [0.29, 0.717) is 34.5 Å². The van der Waals surface area contributed by atoms with Crippen molar-refractivity contribution in [1.82, 2.24) is 0 Å². The lowest BCUT2D eigenvalue weighted by molar-refractivity contribution is -0.209. The molecule has 7 heteroatoms. The fraction of sp³-hybridized carbons (Fsp3) is 0.941. The van der Waals surface area contributed by atoms with Crippen molar-refractivity contribution in [3.8, 4) is 0 Å². The molecule has 0 aromatic heterocycles. The maximum atomic E-state index is 12.2. The summed E-state index contributed by atoms with van der Waals surface area (Å²) in [6.45, 7) is 17.0. The Morgan fingerprint density at radius 2 is 1.68 bits per heavy atom. The summed E-state index contributed by atoms with van der Waals surface area (Å²) in [5, 5.41) is 10.9. The van der Waals surface area contributed by atoms with E-state index in [1.807, 2.05) is 0 Å². The van der Waals surface area contributed by atoms with Crippen LogP contribution in [-0.4, -0.2) is 53.6 Å². The summed E-state index contributed by atoms with van der Waals surface area (Å²) in [5.74, 6) is 1.49. The molecule has 0 aromatic rings. The van der Waals surface area contributed by atoms with Gasteiger partial charge in [-0.15, -0.1) is 0 Å². The maximum absolute atomic E-state index is 12.2. The second-order valence-corrected chi connectivity index (χ2v) is 16.9. The highest BCUT2D eigenvalue weighted by atomic mass is 16.6. The third-order valence-corrected chi connectivity index (χ3v) is 14.4. The first-order chi connectivity index (χ1) is 19.0. The van der Waals surface area contributed by atoms with Gasteiger partial charge in [0.1, 0.15) is 6.10 Å². The predicted octanol–water partition coefficient (Wildman–Crippen LogP) is 5.40. The summed E-state index contributed by atoms with van der Waals surface area (Å²) in [7, 11) is 0. The van der Waals surface area contributed by atoms with Gasteiger partial charge in [-0.2, -0.15) is 0 Å². The first-order valence-electron chi connectivity index (χ1n) is 16.4. The van der Waals surface area contributed by atoms with Crippen molar-refractivity contribution in [2.45, 2.75) is 143 Å². The minimum Gasteiger partial charge on any atom is -0.461 e. The molecule has 12 atom stereocenters. The van der Waals surface area contributed by atoms with Crippen molar-refractivity contribution in [1.29, 1.82) is 0 Å². The Kier molecular flexibility index (Phi) is 6.68. The molecule has 1 saturated heterocycles. The van der Waals surface area contributed by atoms with Crippen molar-refractivity contribution in [2.75, 3.05) is 6.54 Å². The van der Waals surface area contributed by atoms with Crippen molar-refractivity contribution < 1.29 is 28.9 Å². The van der Waals surface area contributed by atoms with Gasteiger partial charge in [0, 0.05) is 12.3 Å². The highest BCUT2D eigenvalue weighted by molar-refractivity contribution is 5.71. The third kappa shape index (κ3) is 3.92. The number of esters is 2. The van der Waals surface area contributed by atoms with E-state index >= 15 is 0 Å². The third-order valence-electron chi connectivity index (χ3n) is 14.4. The van der Waals surface area contributed by atoms with E-state index < -0.39 is 11.7 Å². The molecule has 3 N–H and O–H groups in total. The fourth-order valence-electron chi connectivity index (χ4n) is 12.8. The van der Waals surface area contributed by atoms with Gasteiger partial charge in [-0.3, -0.25) is 9.59 Å². The van der Waals surface area contributed by atoms with Crippen molar-refractivity contribution >= 4 is 11.9 Å². The average molecular weight is 574 g/mol. The smallest absolute Gasteiger partial charge is 0.319 e. The number of aliphatic hydroxyl groups is 1. The molecule has 5 aliphatic carbocycles. The Balaban J connectivity index is 1.28. The first kappa shape index (κ1) is 29.9. The summed E-state index contributed by atoms with van der Waals surface area (Å²) in [4.78, 5) is 24.2. The van der Waals surface area contributed by atoms with Crippen LogP contribution < -0.4 is 5.73 Å². The minimum absolute atomic E-state index is 0.0451. The topological polar surface area (TPSA) is 108 Å². The Morgan fingerprint density at radius 3 is 2.32 bits per heavy atom. The van der Waals surface area contributed by atoms with Crippen LogP contribution in [0.5, 0.6) is 0 Å². The van der Waals surface area contributed by atoms with E-state index in [1.54, 1.807) is 13.8 Å². The highest BCUT2D eigenvalue weighted by Gasteiger charge is 2.83. The van der Waals surface area contributed by atoms with E-state index in [-0.39, 0.29) is 53.0 Å². The molecular formula is C34H55NO6. The number of nitrogens with two attached hydrogens (primary N) is 1. The quantitative estimate of drug-likeness (QED) is 0.424. The van der Waals surface area contributed by atoms with Crippen LogP contribution in [0.2, 0.25) is 0 Å². The molecule has 5 saturated carbocycles. The molecular weight excluding hydrogens is 518 g/mol. The normalized spacial score (nSPS) is 50.2. The average Bonchev–Trinajstić information content (AvgIpc) is 3.46. The number of hydrogen-bond acceptors (Lipinski definition) is 7. The Labute approximate surface area is 247 Å². The summed E-state index contributed by atoms with van der Waals surface area (Å²) in [6, 6.07) is 0. The molecule has 0 radical (unpaired) electrons. The Bertz CT molecular complexity index is 1100. The predicted molar refractivity (Wildman–Crippen MR) is 155 cm³/mol. The zero-order chi connectivity index (χ0) is 30.0. The summed E-state index contributed by atoms with van der Waals surface area (Å²) in [6.07, 6.45) is 9.32. The van der Waals surface area contributed by atoms with E-state index in [9.17, 15) is 14.7 Å². The number of carbonyl (C=O) groups excluding carboxylic acids is 2. The lowest BCUT2D eigenvalue weighted by atomic mass is 9.41. The monoisotopic (exact) mass is 573 g/mol. The molecule has 6 aliphatic rings. The SMILES string of the molecule is CC(=O)O[C@@H](C1C[C@@H](C)C2C(C[C@@]3(C)[C@@H]4CCC5C(C)(C)[C@@H](OC(=O)CN)CC[C@@]56C[C@@]46CC[C@]23C)O1)C(C)(C)O. The number of ether oxygens (including phenoxy) is 3. The van der Waals surface area contributed by atoms with Crippen molar-refractivity contribution in [3.05, 3.63) is 0 Å². The molecule has 6 rings (SSSR count). The number of fused-ring (bicyclic) bond motifs is 4. The standard InChI is InChI=1S/C34H55NO6/c1-19-15-21(28(30(5,6)38)39-20(2)36)40-22-16-32(8)24-10-9-23-29(3,4)25(41-26(37)17-35)11-12-33(23)18-34(24,33)14-13-31(32,7)27(19)22/h19,21-25,27-28,38H,9-18,35H2,1-8H3/t19-,21?,22?,23?,24+,25+,27?,28+,31-,32+,33-,34+/m1/s1. The van der Waals surface area contributed by atoms with E-state index in [1.165, 1.54) is 39.0 Å². The van der Waals surface area contributed by atoms with Gasteiger partial charge in [-0.1, -0.05) is 34.6 Å². The van der Waals surface area contributed by atoms with Crippen molar-refractivity contribution in [3.63, 3.8) is 0 Å². The molecule has 2 spiro atoms. The number of rotatable bonds is 5. The summed E-state index contributed by atoms with van der Waals surface area (Å²) >= 11 is 0. The van der Waals surface area contributed by atoms with Gasteiger partial charge in [0.25, 0.3) is 0 Å². The molecule has 232 valence electrons.